The van der Waals surface area contributed by atoms with Gasteiger partial charge in [-0.2, -0.15) is 0 Å². The molecule has 0 spiro atoms. The molecule has 2 nitrogen and oxygen atoms in total. The zero-order chi connectivity index (χ0) is 11.1. The molecule has 0 N–H and O–H groups in total. The zero-order valence-corrected chi connectivity index (χ0v) is 9.57. The normalized spacial score (nSPS) is 10.6. The van der Waals surface area contributed by atoms with Crippen LogP contribution in [0.5, 0.6) is 0 Å². The van der Waals surface area contributed by atoms with Crippen molar-refractivity contribution in [1.29, 1.82) is 0 Å². The van der Waals surface area contributed by atoms with Crippen molar-refractivity contribution in [2.75, 3.05) is 13.1 Å². The maximum atomic E-state index is 10.4. The molecule has 1 aromatic rings. The maximum absolute atomic E-state index is 10.4. The van der Waals surface area contributed by atoms with Gasteiger partial charge in [-0.25, -0.2) is 0 Å². The largest absolute Gasteiger partial charge is 0.303 e. The van der Waals surface area contributed by atoms with Crippen molar-refractivity contribution in [2.24, 2.45) is 0 Å². The highest BCUT2D eigenvalue weighted by Gasteiger charge is 2.01. The third-order valence-electron chi connectivity index (χ3n) is 2.61. The fourth-order valence-electron chi connectivity index (χ4n) is 1.66. The predicted octanol–water partition coefficient (Wildman–Crippen LogP) is 2.27. The molecule has 0 fully saturated rings. The van der Waals surface area contributed by atoms with E-state index in [1.807, 2.05) is 12.1 Å². The van der Waals surface area contributed by atoms with Crippen LogP contribution in [-0.4, -0.2) is 24.3 Å². The lowest BCUT2D eigenvalue weighted by atomic mass is 10.1. The number of carbonyl (C=O) groups excluding carboxylic acids is 1. The van der Waals surface area contributed by atoms with Crippen LogP contribution in [0.25, 0.3) is 0 Å². The van der Waals surface area contributed by atoms with Crippen molar-refractivity contribution in [3.8, 4) is 0 Å². The first-order chi connectivity index (χ1) is 7.30. The van der Waals surface area contributed by atoms with E-state index in [9.17, 15) is 4.79 Å². The van der Waals surface area contributed by atoms with Crippen molar-refractivity contribution in [3.05, 3.63) is 35.4 Å². The van der Waals surface area contributed by atoms with Crippen LogP contribution in [0, 0.1) is 0 Å². The average molecular weight is 205 g/mol. The van der Waals surface area contributed by atoms with E-state index in [1.54, 1.807) is 0 Å². The van der Waals surface area contributed by atoms with Crippen LogP contribution >= 0.6 is 0 Å². The van der Waals surface area contributed by atoms with E-state index in [2.05, 4.69) is 30.9 Å². The number of hydrogen-bond acceptors (Lipinski definition) is 2. The quantitative estimate of drug-likeness (QED) is 0.664. The van der Waals surface area contributed by atoms with Gasteiger partial charge in [0.05, 0.1) is 0 Å². The summed E-state index contributed by atoms with van der Waals surface area (Å²) in [6.07, 6.45) is 1.47. The Hall–Kier alpha value is -1.15. The summed E-state index contributed by atoms with van der Waals surface area (Å²) in [6, 6.07) is 8.26. The molecule has 0 atom stereocenters. The second-order valence-corrected chi connectivity index (χ2v) is 3.65. The van der Waals surface area contributed by atoms with Gasteiger partial charge in [-0.05, 0) is 24.2 Å². The van der Waals surface area contributed by atoms with Gasteiger partial charge in [-0.3, -0.25) is 4.90 Å². The van der Waals surface area contributed by atoms with Gasteiger partial charge in [0.1, 0.15) is 6.29 Å². The number of hydrogen-bond donors (Lipinski definition) is 0. The smallest absolute Gasteiger partial charge is 0.124 e. The topological polar surface area (TPSA) is 20.3 Å². The molecule has 0 aliphatic rings. The van der Waals surface area contributed by atoms with Crippen molar-refractivity contribution < 1.29 is 4.79 Å². The molecule has 0 amide bonds. The van der Waals surface area contributed by atoms with Gasteiger partial charge in [-0.1, -0.05) is 38.1 Å². The van der Waals surface area contributed by atoms with E-state index in [0.717, 1.165) is 31.5 Å². The fraction of sp³-hybridized carbons (Fsp3) is 0.462. The molecule has 15 heavy (non-hydrogen) atoms. The molecule has 0 saturated heterocycles. The van der Waals surface area contributed by atoms with Crippen LogP contribution in [-0.2, 0) is 17.8 Å². The predicted molar refractivity (Wildman–Crippen MR) is 62.8 cm³/mol. The molecule has 1 rings (SSSR count). The Morgan fingerprint density at radius 3 is 2.47 bits per heavy atom. The zero-order valence-electron chi connectivity index (χ0n) is 9.57. The lowest BCUT2D eigenvalue weighted by Crippen LogP contribution is -2.22. The number of benzene rings is 1. The van der Waals surface area contributed by atoms with Crippen molar-refractivity contribution >= 4 is 6.29 Å². The lowest BCUT2D eigenvalue weighted by Gasteiger charge is -2.18. The standard InChI is InChI=1S/C13H19NO/c1-3-14(4-2)11-13-7-5-6-12(10-13)8-9-15/h5-7,9-10H,3-4,8,11H2,1-2H3. The maximum Gasteiger partial charge on any atom is 0.124 e. The molecule has 82 valence electrons. The van der Waals surface area contributed by atoms with Crippen molar-refractivity contribution in [2.45, 2.75) is 26.8 Å². The molecular weight excluding hydrogens is 186 g/mol. The molecule has 0 heterocycles. The molecule has 0 saturated carbocycles. The van der Waals surface area contributed by atoms with E-state index >= 15 is 0 Å². The second-order valence-electron chi connectivity index (χ2n) is 3.65. The van der Waals surface area contributed by atoms with Crippen LogP contribution in [0.4, 0.5) is 0 Å². The molecular formula is C13H19NO. The Balaban J connectivity index is 2.67. The van der Waals surface area contributed by atoms with Gasteiger partial charge in [0.2, 0.25) is 0 Å². The van der Waals surface area contributed by atoms with Gasteiger partial charge in [0.15, 0.2) is 0 Å². The van der Waals surface area contributed by atoms with E-state index in [0.29, 0.717) is 6.42 Å². The summed E-state index contributed by atoms with van der Waals surface area (Å²) < 4.78 is 0. The van der Waals surface area contributed by atoms with Gasteiger partial charge >= 0.3 is 0 Å². The Labute approximate surface area is 91.9 Å². The number of carbonyl (C=O) groups is 1. The summed E-state index contributed by atoms with van der Waals surface area (Å²) in [5.74, 6) is 0. The Bertz CT molecular complexity index is 305. The first-order valence-corrected chi connectivity index (χ1v) is 5.54. The third-order valence-corrected chi connectivity index (χ3v) is 2.61. The van der Waals surface area contributed by atoms with Crippen LogP contribution in [0.1, 0.15) is 25.0 Å². The van der Waals surface area contributed by atoms with Crippen LogP contribution in [0.3, 0.4) is 0 Å². The summed E-state index contributed by atoms with van der Waals surface area (Å²) in [4.78, 5) is 12.8. The van der Waals surface area contributed by atoms with Gasteiger partial charge < -0.3 is 4.79 Å². The van der Waals surface area contributed by atoms with E-state index < -0.39 is 0 Å². The van der Waals surface area contributed by atoms with Gasteiger partial charge in [0.25, 0.3) is 0 Å². The Morgan fingerprint density at radius 1 is 1.20 bits per heavy atom. The first-order valence-electron chi connectivity index (χ1n) is 5.54. The summed E-state index contributed by atoms with van der Waals surface area (Å²) in [6.45, 7) is 7.43. The van der Waals surface area contributed by atoms with Crippen LogP contribution in [0.15, 0.2) is 24.3 Å². The molecule has 0 bridgehead atoms. The molecule has 1 aromatic carbocycles. The minimum absolute atomic E-state index is 0.520. The molecule has 0 aromatic heterocycles. The molecule has 2 heteroatoms. The highest BCUT2D eigenvalue weighted by molar-refractivity contribution is 5.55. The van der Waals surface area contributed by atoms with E-state index in [-0.39, 0.29) is 0 Å². The van der Waals surface area contributed by atoms with E-state index in [4.69, 9.17) is 0 Å². The van der Waals surface area contributed by atoms with Crippen LogP contribution in [0.2, 0.25) is 0 Å². The van der Waals surface area contributed by atoms with Crippen LogP contribution < -0.4 is 0 Å². The summed E-state index contributed by atoms with van der Waals surface area (Å²) in [5.41, 5.74) is 2.40. The minimum Gasteiger partial charge on any atom is -0.303 e. The van der Waals surface area contributed by atoms with E-state index in [1.165, 1.54) is 5.56 Å². The molecule has 0 aliphatic heterocycles. The summed E-state index contributed by atoms with van der Waals surface area (Å²) in [7, 11) is 0. The fourth-order valence-corrected chi connectivity index (χ4v) is 1.66. The number of nitrogens with zero attached hydrogens (tertiary/aromatic N) is 1. The first kappa shape index (κ1) is 11.9. The number of rotatable bonds is 6. The molecule has 0 aliphatic carbocycles. The SMILES string of the molecule is CCN(CC)Cc1cccc(CC=O)c1. The number of aldehydes is 1. The average Bonchev–Trinajstić information content (AvgIpc) is 2.27. The monoisotopic (exact) mass is 205 g/mol. The Morgan fingerprint density at radius 2 is 1.87 bits per heavy atom. The highest BCUT2D eigenvalue weighted by Crippen LogP contribution is 2.08. The van der Waals surface area contributed by atoms with Gasteiger partial charge in [0, 0.05) is 13.0 Å². The highest BCUT2D eigenvalue weighted by atomic mass is 16.1. The van der Waals surface area contributed by atoms with Crippen molar-refractivity contribution in [1.82, 2.24) is 4.90 Å². The molecule has 0 radical (unpaired) electrons. The Kier molecular flexibility index (Phi) is 5.05. The summed E-state index contributed by atoms with van der Waals surface area (Å²) >= 11 is 0. The second kappa shape index (κ2) is 6.36. The van der Waals surface area contributed by atoms with Gasteiger partial charge in [-0.15, -0.1) is 0 Å². The minimum atomic E-state index is 0.520. The third kappa shape index (κ3) is 3.84. The summed E-state index contributed by atoms with van der Waals surface area (Å²) in [5, 5.41) is 0. The van der Waals surface area contributed by atoms with Crippen molar-refractivity contribution in [3.63, 3.8) is 0 Å². The lowest BCUT2D eigenvalue weighted by molar-refractivity contribution is -0.107. The molecule has 0 unspecified atom stereocenters.